The molecule has 1 aromatic carbocycles. The van der Waals surface area contributed by atoms with Crippen molar-refractivity contribution in [1.82, 2.24) is 19.9 Å². The SMILES string of the molecule is C.IC(I)I.N#C[C@@H]1CC[C@@H]2CN1C(=O)N2O.N#C[C@@H]1CC[C@@H]2CN1C(=O)N2OCc1ccccc1. The normalized spacial score (nSPS) is 25.8. The highest BCUT2D eigenvalue weighted by Crippen LogP contribution is 2.30. The molecule has 4 aliphatic rings. The average Bonchev–Trinajstić information content (AvgIpc) is 3.23. The second-order valence-electron chi connectivity index (χ2n) is 8.30. The van der Waals surface area contributed by atoms with Crippen molar-refractivity contribution in [2.75, 3.05) is 13.1 Å². The number of carbonyl (C=O) groups is 2. The van der Waals surface area contributed by atoms with Gasteiger partial charge in [0.15, 0.2) is 0 Å². The number of fused-ring (bicyclic) bond motifs is 4. The first-order valence-electron chi connectivity index (χ1n) is 11.0. The van der Waals surface area contributed by atoms with E-state index in [1.807, 2.05) is 36.4 Å². The summed E-state index contributed by atoms with van der Waals surface area (Å²) in [6.45, 7) is 1.48. The molecule has 4 amide bonds. The lowest BCUT2D eigenvalue weighted by Crippen LogP contribution is -2.38. The number of alkyl halides is 3. The van der Waals surface area contributed by atoms with Gasteiger partial charge in [0.1, 0.15) is 18.6 Å². The van der Waals surface area contributed by atoms with E-state index in [1.54, 1.807) is 4.90 Å². The number of amides is 4. The monoisotopic (exact) mass is 834 g/mol. The van der Waals surface area contributed by atoms with E-state index >= 15 is 0 Å². The summed E-state index contributed by atoms with van der Waals surface area (Å²) < 4.78 is 0.743. The summed E-state index contributed by atoms with van der Waals surface area (Å²) in [7, 11) is 0. The Bertz CT molecular complexity index is 970. The van der Waals surface area contributed by atoms with Crippen LogP contribution in [0.25, 0.3) is 0 Å². The van der Waals surface area contributed by atoms with Crippen LogP contribution < -0.4 is 0 Å². The number of hydroxylamine groups is 4. The number of nitriles is 2. The molecule has 0 radical (unpaired) electrons. The highest BCUT2D eigenvalue weighted by Gasteiger charge is 2.46. The number of nitrogens with zero attached hydrogens (tertiary/aromatic N) is 6. The Morgan fingerprint density at radius 3 is 1.97 bits per heavy atom. The minimum absolute atomic E-state index is 0. The summed E-state index contributed by atoms with van der Waals surface area (Å²) in [5, 5.41) is 29.1. The second-order valence-corrected chi connectivity index (χ2v) is 19.2. The van der Waals surface area contributed by atoms with Crippen molar-refractivity contribution in [3.63, 3.8) is 0 Å². The molecule has 0 unspecified atom stereocenters. The maximum atomic E-state index is 12.2. The summed E-state index contributed by atoms with van der Waals surface area (Å²) in [6.07, 6.45) is 2.95. The molecule has 13 heteroatoms. The lowest BCUT2D eigenvalue weighted by Gasteiger charge is -2.25. The molecule has 0 spiro atoms. The van der Waals surface area contributed by atoms with E-state index in [0.29, 0.717) is 26.1 Å². The van der Waals surface area contributed by atoms with Crippen molar-refractivity contribution >= 4 is 79.8 Å². The van der Waals surface area contributed by atoms with E-state index in [-0.39, 0.29) is 37.6 Å². The molecule has 196 valence electrons. The third kappa shape index (κ3) is 7.68. The molecule has 5 rings (SSSR count). The molecule has 10 nitrogen and oxygen atoms in total. The summed E-state index contributed by atoms with van der Waals surface area (Å²) in [6, 6.07) is 12.7. The molecule has 36 heavy (non-hydrogen) atoms. The van der Waals surface area contributed by atoms with Gasteiger partial charge in [0.25, 0.3) is 0 Å². The van der Waals surface area contributed by atoms with Crippen LogP contribution in [0.1, 0.15) is 38.7 Å². The van der Waals surface area contributed by atoms with Crippen LogP contribution >= 0.6 is 67.8 Å². The maximum Gasteiger partial charge on any atom is 0.345 e. The van der Waals surface area contributed by atoms with E-state index < -0.39 is 6.03 Å². The van der Waals surface area contributed by atoms with Gasteiger partial charge in [-0.05, 0) is 31.2 Å². The van der Waals surface area contributed by atoms with Crippen molar-refractivity contribution < 1.29 is 19.6 Å². The van der Waals surface area contributed by atoms with Gasteiger partial charge in [-0.2, -0.15) is 15.6 Å². The molecule has 0 aromatic heterocycles. The zero-order chi connectivity index (χ0) is 25.5. The smallest absolute Gasteiger partial charge is 0.305 e. The molecule has 1 aromatic rings. The molecular formula is C23H29I3N6O4. The first-order chi connectivity index (χ1) is 16.8. The van der Waals surface area contributed by atoms with E-state index in [1.165, 1.54) is 9.96 Å². The Morgan fingerprint density at radius 2 is 1.42 bits per heavy atom. The highest BCUT2D eigenvalue weighted by atomic mass is 127. The van der Waals surface area contributed by atoms with Crippen molar-refractivity contribution in [3.05, 3.63) is 35.9 Å². The molecule has 0 aliphatic carbocycles. The first-order valence-corrected chi connectivity index (χ1v) is 14.8. The number of rotatable bonds is 3. The zero-order valence-electron chi connectivity index (χ0n) is 18.7. The van der Waals surface area contributed by atoms with Gasteiger partial charge in [-0.25, -0.2) is 14.7 Å². The van der Waals surface area contributed by atoms with E-state index in [0.717, 1.165) is 29.8 Å². The van der Waals surface area contributed by atoms with E-state index in [2.05, 4.69) is 73.8 Å². The topological polar surface area (TPSA) is 124 Å². The van der Waals surface area contributed by atoms with Gasteiger partial charge in [0.2, 0.25) is 0 Å². The molecule has 4 bridgehead atoms. The average molecular weight is 834 g/mol. The van der Waals surface area contributed by atoms with Crippen LogP contribution in [0.2, 0.25) is 0 Å². The van der Waals surface area contributed by atoms with Crippen LogP contribution in [0.3, 0.4) is 0 Å². The number of hydrogen-bond donors (Lipinski definition) is 1. The second kappa shape index (κ2) is 14.7. The molecule has 4 atom stereocenters. The Hall–Kier alpha value is -1.15. The fraction of sp³-hybridized carbons (Fsp3) is 0.565. The Balaban J connectivity index is 0.000000231. The fourth-order valence-electron chi connectivity index (χ4n) is 4.44. The van der Waals surface area contributed by atoms with Crippen LogP contribution in [0.5, 0.6) is 0 Å². The standard InChI is InChI=1S/C14H15N3O2.C7H9N3O2.CHI3.CH4/c15-8-12-6-7-13-9-16(12)14(18)17(13)19-10-11-4-2-1-3-5-11;8-3-5-1-2-6-4-9(5)7(11)10(6)12;2-1(3)4;/h1-5,12-13H,6-7,9-10H2;5-6,12H,1-2,4H2;1H;1H4/t12-,13+;5-,6+;;/m00../s1. The number of hydrogen-bond acceptors (Lipinski definition) is 6. The minimum atomic E-state index is -0.427. The van der Waals surface area contributed by atoms with Crippen LogP contribution in [0.4, 0.5) is 9.59 Å². The summed E-state index contributed by atoms with van der Waals surface area (Å²) in [5.41, 5.74) is 1.03. The maximum absolute atomic E-state index is 12.2. The van der Waals surface area contributed by atoms with Gasteiger partial charge in [-0.3, -0.25) is 10.0 Å². The molecule has 4 saturated heterocycles. The molecule has 1 N–H and O–H groups in total. The third-order valence-electron chi connectivity index (χ3n) is 6.18. The van der Waals surface area contributed by atoms with Gasteiger partial charge in [-0.1, -0.05) is 106 Å². The van der Waals surface area contributed by atoms with Crippen molar-refractivity contribution in [1.29, 1.82) is 10.5 Å². The first kappa shape index (κ1) is 31.1. The van der Waals surface area contributed by atoms with Gasteiger partial charge in [-0.15, -0.1) is 0 Å². The number of piperidine rings is 2. The predicted octanol–water partition coefficient (Wildman–Crippen LogP) is 5.29. The molecular weight excluding hydrogens is 805 g/mol. The summed E-state index contributed by atoms with van der Waals surface area (Å²) in [4.78, 5) is 32.0. The predicted molar refractivity (Wildman–Crippen MR) is 158 cm³/mol. The van der Waals surface area contributed by atoms with Gasteiger partial charge in [0.05, 0.1) is 24.2 Å². The number of urea groups is 2. The van der Waals surface area contributed by atoms with Crippen molar-refractivity contribution in [2.24, 2.45) is 0 Å². The van der Waals surface area contributed by atoms with Crippen LogP contribution in [-0.2, 0) is 11.4 Å². The lowest BCUT2D eigenvalue weighted by molar-refractivity contribution is -0.140. The number of carbonyl (C=O) groups excluding carboxylic acids is 2. The number of halogens is 3. The van der Waals surface area contributed by atoms with Crippen molar-refractivity contribution in [2.45, 2.75) is 63.8 Å². The van der Waals surface area contributed by atoms with Crippen LogP contribution in [-0.4, -0.2) is 74.4 Å². The van der Waals surface area contributed by atoms with Gasteiger partial charge in [0, 0.05) is 13.1 Å². The quantitative estimate of drug-likeness (QED) is 0.251. The molecule has 4 heterocycles. The summed E-state index contributed by atoms with van der Waals surface area (Å²) in [5.74, 6) is 0. The summed E-state index contributed by atoms with van der Waals surface area (Å²) >= 11 is 6.95. The van der Waals surface area contributed by atoms with Crippen LogP contribution in [0, 0.1) is 22.7 Å². The molecule has 4 aliphatic heterocycles. The highest BCUT2D eigenvalue weighted by molar-refractivity contribution is 14.3. The minimum Gasteiger partial charge on any atom is -0.305 e. The van der Waals surface area contributed by atoms with E-state index in [4.69, 9.17) is 15.4 Å². The van der Waals surface area contributed by atoms with Crippen molar-refractivity contribution in [3.8, 4) is 12.1 Å². The molecule has 4 fully saturated rings. The van der Waals surface area contributed by atoms with Gasteiger partial charge >= 0.3 is 12.1 Å². The Kier molecular flexibility index (Phi) is 12.7. The number of benzene rings is 1. The molecule has 0 saturated carbocycles. The fourth-order valence-corrected chi connectivity index (χ4v) is 4.44. The van der Waals surface area contributed by atoms with Gasteiger partial charge < -0.3 is 9.80 Å². The van der Waals surface area contributed by atoms with E-state index in [9.17, 15) is 14.8 Å². The largest absolute Gasteiger partial charge is 0.345 e. The zero-order valence-corrected chi connectivity index (χ0v) is 25.2. The van der Waals surface area contributed by atoms with Crippen LogP contribution in [0.15, 0.2) is 30.3 Å². The Morgan fingerprint density at radius 1 is 0.917 bits per heavy atom. The lowest BCUT2D eigenvalue weighted by atomic mass is 10.0. The third-order valence-corrected chi connectivity index (χ3v) is 6.18. The Labute approximate surface area is 252 Å².